The average molecular weight is 321 g/mol. The number of hydrogen-bond acceptors (Lipinski definition) is 4. The summed E-state index contributed by atoms with van der Waals surface area (Å²) in [6.45, 7) is 10.4. The minimum absolute atomic E-state index is 0.348. The van der Waals surface area contributed by atoms with Crippen molar-refractivity contribution in [2.75, 3.05) is 33.4 Å². The third kappa shape index (κ3) is 6.61. The molecule has 7 heteroatoms. The molecule has 1 aliphatic heterocycles. The molecule has 1 aliphatic rings. The molecule has 0 spiro atoms. The number of rotatable bonds is 8. The van der Waals surface area contributed by atoms with Crippen LogP contribution >= 0.6 is 0 Å². The first-order valence-corrected chi connectivity index (χ1v) is 9.11. The molecule has 1 rings (SSSR count). The van der Waals surface area contributed by atoms with Crippen LogP contribution in [0.25, 0.3) is 0 Å². The maximum Gasteiger partial charge on any atom is 0.280 e. The van der Waals surface area contributed by atoms with Crippen molar-refractivity contribution in [1.29, 1.82) is 0 Å². The summed E-state index contributed by atoms with van der Waals surface area (Å²) in [6, 6.07) is 0.475. The summed E-state index contributed by atoms with van der Waals surface area (Å²) in [6.07, 6.45) is 1.82. The van der Waals surface area contributed by atoms with Crippen LogP contribution in [0.4, 0.5) is 0 Å². The Labute approximate surface area is 129 Å². The fraction of sp³-hybridized carbons (Fsp3) is 1.00. The van der Waals surface area contributed by atoms with Crippen molar-refractivity contribution < 1.29 is 13.2 Å². The number of ether oxygens (including phenoxy) is 1. The minimum atomic E-state index is -3.43. The van der Waals surface area contributed by atoms with Gasteiger partial charge < -0.3 is 10.1 Å². The van der Waals surface area contributed by atoms with Gasteiger partial charge in [-0.05, 0) is 39.2 Å². The molecule has 0 aliphatic carbocycles. The molecule has 0 bridgehead atoms. The molecule has 21 heavy (non-hydrogen) atoms. The van der Waals surface area contributed by atoms with Crippen molar-refractivity contribution in [2.24, 2.45) is 5.92 Å². The highest BCUT2D eigenvalue weighted by atomic mass is 32.2. The Kier molecular flexibility index (Phi) is 7.06. The van der Waals surface area contributed by atoms with Gasteiger partial charge >= 0.3 is 0 Å². The number of nitrogens with zero attached hydrogens (tertiary/aromatic N) is 1. The summed E-state index contributed by atoms with van der Waals surface area (Å²) in [5.41, 5.74) is -0.594. The fourth-order valence-corrected chi connectivity index (χ4v) is 4.14. The van der Waals surface area contributed by atoms with E-state index in [1.807, 2.05) is 13.8 Å². The second-order valence-electron chi connectivity index (χ2n) is 6.83. The first kappa shape index (κ1) is 18.8. The average Bonchev–Trinajstić information content (AvgIpc) is 2.35. The van der Waals surface area contributed by atoms with Crippen LogP contribution in [0.3, 0.4) is 0 Å². The summed E-state index contributed by atoms with van der Waals surface area (Å²) in [5, 5.41) is 3.42. The molecule has 1 saturated heterocycles. The molecular weight excluding hydrogens is 290 g/mol. The van der Waals surface area contributed by atoms with Crippen molar-refractivity contribution in [3.63, 3.8) is 0 Å². The standard InChI is InChI=1S/C14H31N3O3S/c1-12(2)15-10-13-6-8-17(9-7-13)21(18,19)16-14(3,4)11-20-5/h12-13,15-16H,6-11H2,1-5H3. The SMILES string of the molecule is COCC(C)(C)NS(=O)(=O)N1CCC(CNC(C)C)CC1. The molecule has 0 aromatic rings. The monoisotopic (exact) mass is 321 g/mol. The van der Waals surface area contributed by atoms with Gasteiger partial charge in [0.25, 0.3) is 10.2 Å². The van der Waals surface area contributed by atoms with Crippen LogP contribution in [0, 0.1) is 5.92 Å². The maximum absolute atomic E-state index is 12.4. The molecule has 126 valence electrons. The van der Waals surface area contributed by atoms with Crippen molar-refractivity contribution >= 4 is 10.2 Å². The van der Waals surface area contributed by atoms with E-state index in [0.717, 1.165) is 19.4 Å². The largest absolute Gasteiger partial charge is 0.383 e. The highest BCUT2D eigenvalue weighted by Crippen LogP contribution is 2.19. The van der Waals surface area contributed by atoms with Gasteiger partial charge in [0.1, 0.15) is 0 Å². The molecule has 0 aromatic carbocycles. The molecule has 0 atom stereocenters. The Morgan fingerprint density at radius 2 is 1.86 bits per heavy atom. The van der Waals surface area contributed by atoms with E-state index >= 15 is 0 Å². The van der Waals surface area contributed by atoms with E-state index in [1.165, 1.54) is 0 Å². The predicted octanol–water partition coefficient (Wildman–Crippen LogP) is 0.956. The maximum atomic E-state index is 12.4. The van der Waals surface area contributed by atoms with E-state index in [2.05, 4.69) is 23.9 Å². The van der Waals surface area contributed by atoms with Crippen molar-refractivity contribution in [1.82, 2.24) is 14.3 Å². The van der Waals surface area contributed by atoms with Gasteiger partial charge in [0.15, 0.2) is 0 Å². The number of piperidine rings is 1. The van der Waals surface area contributed by atoms with Crippen molar-refractivity contribution in [2.45, 2.75) is 52.1 Å². The molecule has 1 heterocycles. The van der Waals surface area contributed by atoms with E-state index in [0.29, 0.717) is 31.7 Å². The second kappa shape index (κ2) is 7.87. The molecule has 2 N–H and O–H groups in total. The van der Waals surface area contributed by atoms with Gasteiger partial charge in [0, 0.05) is 26.2 Å². The van der Waals surface area contributed by atoms with Gasteiger partial charge in [0.05, 0.1) is 12.1 Å². The summed E-state index contributed by atoms with van der Waals surface area (Å²) < 4.78 is 34.1. The Morgan fingerprint density at radius 3 is 2.33 bits per heavy atom. The second-order valence-corrected chi connectivity index (χ2v) is 8.50. The van der Waals surface area contributed by atoms with Crippen LogP contribution < -0.4 is 10.0 Å². The highest BCUT2D eigenvalue weighted by Gasteiger charge is 2.32. The van der Waals surface area contributed by atoms with Gasteiger partial charge in [0.2, 0.25) is 0 Å². The third-order valence-electron chi connectivity index (χ3n) is 3.64. The van der Waals surface area contributed by atoms with E-state index < -0.39 is 15.7 Å². The Balaban J connectivity index is 2.49. The summed E-state index contributed by atoms with van der Waals surface area (Å²) in [4.78, 5) is 0. The zero-order valence-corrected chi connectivity index (χ0v) is 14.8. The molecule has 1 fully saturated rings. The van der Waals surface area contributed by atoms with E-state index in [-0.39, 0.29) is 0 Å². The molecule has 0 saturated carbocycles. The lowest BCUT2D eigenvalue weighted by Gasteiger charge is -2.34. The van der Waals surface area contributed by atoms with Crippen LogP contribution in [0.5, 0.6) is 0 Å². The molecule has 0 amide bonds. The molecule has 0 aromatic heterocycles. The molecule has 6 nitrogen and oxygen atoms in total. The van der Waals surface area contributed by atoms with Gasteiger partial charge in [-0.3, -0.25) is 0 Å². The van der Waals surface area contributed by atoms with Crippen molar-refractivity contribution in [3.8, 4) is 0 Å². The van der Waals surface area contributed by atoms with Crippen molar-refractivity contribution in [3.05, 3.63) is 0 Å². The number of hydrogen-bond donors (Lipinski definition) is 2. The fourth-order valence-electron chi connectivity index (χ4n) is 2.56. The van der Waals surface area contributed by atoms with Gasteiger partial charge in [-0.2, -0.15) is 17.4 Å². The van der Waals surface area contributed by atoms with Gasteiger partial charge in [-0.25, -0.2) is 0 Å². The Hall–Kier alpha value is -0.210. The van der Waals surface area contributed by atoms with Crippen LogP contribution in [-0.4, -0.2) is 57.7 Å². The first-order valence-electron chi connectivity index (χ1n) is 7.67. The summed E-state index contributed by atoms with van der Waals surface area (Å²) in [7, 11) is -1.86. The van der Waals surface area contributed by atoms with Gasteiger partial charge in [-0.1, -0.05) is 13.8 Å². The van der Waals surface area contributed by atoms with E-state index in [1.54, 1.807) is 11.4 Å². The first-order chi connectivity index (χ1) is 9.66. The van der Waals surface area contributed by atoms with Crippen LogP contribution in [0.15, 0.2) is 0 Å². The van der Waals surface area contributed by atoms with Gasteiger partial charge in [-0.15, -0.1) is 0 Å². The number of nitrogens with one attached hydrogen (secondary N) is 2. The lowest BCUT2D eigenvalue weighted by Crippen LogP contribution is -2.54. The highest BCUT2D eigenvalue weighted by molar-refractivity contribution is 7.87. The Bertz CT molecular complexity index is 402. The van der Waals surface area contributed by atoms with Crippen LogP contribution in [0.2, 0.25) is 0 Å². The van der Waals surface area contributed by atoms with E-state index in [9.17, 15) is 8.42 Å². The molecular formula is C14H31N3O3S. The minimum Gasteiger partial charge on any atom is -0.383 e. The number of methoxy groups -OCH3 is 1. The predicted molar refractivity (Wildman–Crippen MR) is 85.4 cm³/mol. The Morgan fingerprint density at radius 1 is 1.29 bits per heavy atom. The third-order valence-corrected chi connectivity index (χ3v) is 5.49. The molecule has 0 unspecified atom stereocenters. The van der Waals surface area contributed by atoms with Crippen LogP contribution in [0.1, 0.15) is 40.5 Å². The lowest BCUT2D eigenvalue weighted by atomic mass is 9.98. The summed E-state index contributed by atoms with van der Waals surface area (Å²) in [5.74, 6) is 0.561. The molecule has 0 radical (unpaired) electrons. The summed E-state index contributed by atoms with van der Waals surface area (Å²) >= 11 is 0. The quantitative estimate of drug-likeness (QED) is 0.698. The zero-order valence-electron chi connectivity index (χ0n) is 14.0. The van der Waals surface area contributed by atoms with Crippen LogP contribution in [-0.2, 0) is 14.9 Å². The van der Waals surface area contributed by atoms with E-state index in [4.69, 9.17) is 4.74 Å². The topological polar surface area (TPSA) is 70.7 Å². The zero-order chi connectivity index (χ0) is 16.1. The lowest BCUT2D eigenvalue weighted by molar-refractivity contribution is 0.139. The normalized spacial score (nSPS) is 19.3. The smallest absolute Gasteiger partial charge is 0.280 e.